The van der Waals surface area contributed by atoms with Gasteiger partial charge in [-0.25, -0.2) is 4.98 Å². The van der Waals surface area contributed by atoms with Crippen molar-refractivity contribution in [1.29, 1.82) is 5.26 Å². The molecule has 0 unspecified atom stereocenters. The van der Waals surface area contributed by atoms with E-state index in [1.54, 1.807) is 16.8 Å². The van der Waals surface area contributed by atoms with Crippen molar-refractivity contribution in [2.24, 2.45) is 5.73 Å². The Morgan fingerprint density at radius 1 is 1.26 bits per heavy atom. The lowest BCUT2D eigenvalue weighted by Gasteiger charge is -2.33. The standard InChI is InChI=1S/C25H24ClN7O/c26-9-4-12-33-23-22(20(13-27)24(33)31-11-3-6-18(28)14-31)30-16-32(25(23)34)15-21-19-7-2-1-5-17(19)8-10-29-21/h1-2,4-5,7-10,16,18H,3,6,11-12,14-15,28H2/t18-/m0/s1. The van der Waals surface area contributed by atoms with Gasteiger partial charge >= 0.3 is 0 Å². The zero-order chi connectivity index (χ0) is 23.7. The Kier molecular flexibility index (Phi) is 6.05. The summed E-state index contributed by atoms with van der Waals surface area (Å²) >= 11 is 5.84. The van der Waals surface area contributed by atoms with Gasteiger partial charge in [0.1, 0.15) is 28.5 Å². The maximum Gasteiger partial charge on any atom is 0.278 e. The van der Waals surface area contributed by atoms with Crippen LogP contribution in [0.4, 0.5) is 5.82 Å². The molecular formula is C25H24ClN7O. The summed E-state index contributed by atoms with van der Waals surface area (Å²) in [6.45, 7) is 1.99. The summed E-state index contributed by atoms with van der Waals surface area (Å²) in [6, 6.07) is 12.2. The summed E-state index contributed by atoms with van der Waals surface area (Å²) in [5.74, 6) is 0.674. The van der Waals surface area contributed by atoms with Gasteiger partial charge in [0, 0.05) is 42.8 Å². The molecule has 1 aliphatic heterocycles. The zero-order valence-corrected chi connectivity index (χ0v) is 19.3. The maximum absolute atomic E-state index is 13.7. The first-order chi connectivity index (χ1) is 16.6. The molecule has 0 amide bonds. The molecule has 9 heteroatoms. The molecule has 1 atom stereocenters. The van der Waals surface area contributed by atoms with Crippen molar-refractivity contribution in [3.05, 3.63) is 76.1 Å². The van der Waals surface area contributed by atoms with Gasteiger partial charge in [0.05, 0.1) is 18.6 Å². The summed E-state index contributed by atoms with van der Waals surface area (Å²) in [4.78, 5) is 24.9. The molecule has 5 rings (SSSR count). The first kappa shape index (κ1) is 22.1. The second kappa shape index (κ2) is 9.29. The molecule has 34 heavy (non-hydrogen) atoms. The molecule has 4 heterocycles. The number of nitrogens with two attached hydrogens (primary N) is 1. The second-order valence-electron chi connectivity index (χ2n) is 8.48. The number of nitrogens with zero attached hydrogens (tertiary/aromatic N) is 6. The Morgan fingerprint density at radius 2 is 2.12 bits per heavy atom. The van der Waals surface area contributed by atoms with Crippen LogP contribution < -0.4 is 16.2 Å². The monoisotopic (exact) mass is 473 g/mol. The van der Waals surface area contributed by atoms with Gasteiger partial charge in [0.25, 0.3) is 5.56 Å². The molecule has 8 nitrogen and oxygen atoms in total. The van der Waals surface area contributed by atoms with E-state index < -0.39 is 0 Å². The predicted molar refractivity (Wildman–Crippen MR) is 134 cm³/mol. The van der Waals surface area contributed by atoms with E-state index in [1.165, 1.54) is 11.9 Å². The molecule has 0 bridgehead atoms. The third-order valence-electron chi connectivity index (χ3n) is 6.32. The number of halogens is 1. The van der Waals surface area contributed by atoms with Gasteiger partial charge < -0.3 is 15.2 Å². The third kappa shape index (κ3) is 3.83. The van der Waals surface area contributed by atoms with Crippen LogP contribution in [-0.4, -0.2) is 38.2 Å². The number of fused-ring (bicyclic) bond motifs is 2. The number of piperidine rings is 1. The van der Waals surface area contributed by atoms with Crippen LogP contribution in [0.5, 0.6) is 0 Å². The summed E-state index contributed by atoms with van der Waals surface area (Å²) in [6.07, 6.45) is 6.85. The van der Waals surface area contributed by atoms with Crippen LogP contribution in [0.1, 0.15) is 24.1 Å². The molecule has 0 radical (unpaired) electrons. The van der Waals surface area contributed by atoms with E-state index in [1.807, 2.05) is 34.9 Å². The van der Waals surface area contributed by atoms with Crippen molar-refractivity contribution in [3.63, 3.8) is 0 Å². The zero-order valence-electron chi connectivity index (χ0n) is 18.6. The third-order valence-corrected chi connectivity index (χ3v) is 6.50. The van der Waals surface area contributed by atoms with E-state index in [-0.39, 0.29) is 18.1 Å². The van der Waals surface area contributed by atoms with Crippen LogP contribution in [0.3, 0.4) is 0 Å². The van der Waals surface area contributed by atoms with Crippen molar-refractivity contribution < 1.29 is 0 Å². The van der Waals surface area contributed by atoms with E-state index in [2.05, 4.69) is 20.9 Å². The van der Waals surface area contributed by atoms with E-state index in [0.717, 1.165) is 35.9 Å². The highest BCUT2D eigenvalue weighted by Gasteiger charge is 2.28. The van der Waals surface area contributed by atoms with Gasteiger partial charge in [-0.1, -0.05) is 41.9 Å². The lowest BCUT2D eigenvalue weighted by atomic mass is 10.1. The Bertz CT molecular complexity index is 1490. The molecule has 0 spiro atoms. The molecular weight excluding hydrogens is 450 g/mol. The summed E-state index contributed by atoms with van der Waals surface area (Å²) < 4.78 is 3.39. The minimum Gasteiger partial charge on any atom is -0.355 e. The number of hydrogen-bond donors (Lipinski definition) is 1. The van der Waals surface area contributed by atoms with E-state index in [9.17, 15) is 10.1 Å². The number of aromatic nitrogens is 4. The Balaban J connectivity index is 1.69. The van der Waals surface area contributed by atoms with Gasteiger partial charge in [-0.3, -0.25) is 14.3 Å². The van der Waals surface area contributed by atoms with Crippen molar-refractivity contribution >= 4 is 39.2 Å². The highest BCUT2D eigenvalue weighted by atomic mass is 35.5. The molecule has 1 fully saturated rings. The van der Waals surface area contributed by atoms with Crippen LogP contribution in [0, 0.1) is 11.3 Å². The van der Waals surface area contributed by atoms with Crippen LogP contribution in [0.15, 0.2) is 59.3 Å². The van der Waals surface area contributed by atoms with Crippen molar-refractivity contribution in [2.45, 2.75) is 32.0 Å². The van der Waals surface area contributed by atoms with Crippen LogP contribution >= 0.6 is 11.6 Å². The van der Waals surface area contributed by atoms with Crippen molar-refractivity contribution in [2.75, 3.05) is 18.0 Å². The number of pyridine rings is 1. The number of anilines is 1. The van der Waals surface area contributed by atoms with Gasteiger partial charge in [0.2, 0.25) is 0 Å². The highest BCUT2D eigenvalue weighted by Crippen LogP contribution is 2.31. The van der Waals surface area contributed by atoms with Gasteiger partial charge in [-0.2, -0.15) is 5.26 Å². The Labute approximate surface area is 201 Å². The lowest BCUT2D eigenvalue weighted by molar-refractivity contribution is 0.499. The molecule has 1 aromatic carbocycles. The fourth-order valence-electron chi connectivity index (χ4n) is 4.79. The Morgan fingerprint density at radius 3 is 2.91 bits per heavy atom. The fourth-order valence-corrected chi connectivity index (χ4v) is 4.87. The van der Waals surface area contributed by atoms with E-state index >= 15 is 0 Å². The van der Waals surface area contributed by atoms with E-state index in [4.69, 9.17) is 17.3 Å². The molecule has 0 aliphatic carbocycles. The van der Waals surface area contributed by atoms with Gasteiger partial charge in [-0.05, 0) is 24.3 Å². The van der Waals surface area contributed by atoms with Crippen molar-refractivity contribution in [3.8, 4) is 6.07 Å². The molecule has 4 aromatic rings. The molecule has 1 saturated heterocycles. The van der Waals surface area contributed by atoms with Crippen LogP contribution in [-0.2, 0) is 13.1 Å². The van der Waals surface area contributed by atoms with Gasteiger partial charge in [-0.15, -0.1) is 0 Å². The average molecular weight is 474 g/mol. The second-order valence-corrected chi connectivity index (χ2v) is 8.74. The number of benzene rings is 1. The topological polar surface area (TPSA) is 106 Å². The smallest absolute Gasteiger partial charge is 0.278 e. The summed E-state index contributed by atoms with van der Waals surface area (Å²) in [7, 11) is 0. The summed E-state index contributed by atoms with van der Waals surface area (Å²) in [5, 5.41) is 12.1. The van der Waals surface area contributed by atoms with Gasteiger partial charge in [0.15, 0.2) is 0 Å². The fraction of sp³-hybridized carbons (Fsp3) is 0.280. The molecule has 172 valence electrons. The number of rotatable bonds is 5. The largest absolute Gasteiger partial charge is 0.355 e. The normalized spacial score (nSPS) is 16.5. The maximum atomic E-state index is 13.7. The van der Waals surface area contributed by atoms with Crippen LogP contribution in [0.2, 0.25) is 0 Å². The number of hydrogen-bond acceptors (Lipinski definition) is 6. The first-order valence-electron chi connectivity index (χ1n) is 11.2. The van der Waals surface area contributed by atoms with Crippen molar-refractivity contribution in [1.82, 2.24) is 19.1 Å². The first-order valence-corrected chi connectivity index (χ1v) is 11.7. The molecule has 1 aliphatic rings. The minimum atomic E-state index is -0.230. The predicted octanol–water partition coefficient (Wildman–Crippen LogP) is 3.35. The highest BCUT2D eigenvalue weighted by molar-refractivity contribution is 6.25. The summed E-state index contributed by atoms with van der Waals surface area (Å²) in [5.41, 5.74) is 9.35. The SMILES string of the molecule is N#Cc1c(N2CCC[C@H](N)C2)n(CC=CCl)c2c(=O)n(Cc3nccc4ccccc34)cnc12. The van der Waals surface area contributed by atoms with E-state index in [0.29, 0.717) is 35.5 Å². The quantitative estimate of drug-likeness (QED) is 0.476. The number of nitriles is 1. The number of allylic oxidation sites excluding steroid dienone is 1. The molecule has 3 aromatic heterocycles. The Hall–Kier alpha value is -3.67. The lowest BCUT2D eigenvalue weighted by Crippen LogP contribution is -2.44. The minimum absolute atomic E-state index is 0.0115. The average Bonchev–Trinajstić information content (AvgIpc) is 3.18. The molecule has 0 saturated carbocycles. The molecule has 2 N–H and O–H groups in total. The van der Waals surface area contributed by atoms with Crippen LogP contribution in [0.25, 0.3) is 21.8 Å².